The van der Waals surface area contributed by atoms with Crippen molar-refractivity contribution in [1.82, 2.24) is 15.6 Å². The molecule has 7 nitrogen and oxygen atoms in total. The van der Waals surface area contributed by atoms with E-state index in [0.717, 1.165) is 5.56 Å². The molecule has 1 aromatic carbocycles. The monoisotopic (exact) mass is 298 g/mol. The van der Waals surface area contributed by atoms with E-state index in [0.29, 0.717) is 0 Å². The van der Waals surface area contributed by atoms with Gasteiger partial charge in [-0.2, -0.15) is 0 Å². The van der Waals surface area contributed by atoms with Gasteiger partial charge in [-0.25, -0.2) is 0 Å². The molecule has 3 amide bonds. The molecule has 0 aliphatic rings. The summed E-state index contributed by atoms with van der Waals surface area (Å²) in [7, 11) is 0. The second-order valence-electron chi connectivity index (χ2n) is 4.41. The second-order valence-corrected chi connectivity index (χ2v) is 4.41. The zero-order valence-corrected chi connectivity index (χ0v) is 11.6. The van der Waals surface area contributed by atoms with Gasteiger partial charge in [-0.1, -0.05) is 18.2 Å². The fourth-order valence-corrected chi connectivity index (χ4v) is 1.70. The van der Waals surface area contributed by atoms with Crippen LogP contribution in [0.1, 0.15) is 15.9 Å². The zero-order chi connectivity index (χ0) is 15.9. The molecule has 0 saturated heterocycles. The van der Waals surface area contributed by atoms with E-state index in [2.05, 4.69) is 10.3 Å². The topological polar surface area (TPSA) is 114 Å². The van der Waals surface area contributed by atoms with E-state index in [1.165, 1.54) is 12.1 Å². The molecule has 0 radical (unpaired) electrons. The summed E-state index contributed by atoms with van der Waals surface area (Å²) in [6.45, 7) is 0.141. The number of pyridine rings is 1. The summed E-state index contributed by atoms with van der Waals surface area (Å²) >= 11 is 0. The molecule has 4 N–H and O–H groups in total. The summed E-state index contributed by atoms with van der Waals surface area (Å²) in [5.41, 5.74) is 6.73. The Morgan fingerprint density at radius 2 is 1.82 bits per heavy atom. The van der Waals surface area contributed by atoms with Crippen molar-refractivity contribution >= 4 is 23.4 Å². The molecule has 0 saturated carbocycles. The number of anilines is 1. The number of carbonyl (C=O) groups excluding carboxylic acids is 3. The molecule has 1 heterocycles. The fraction of sp³-hybridized carbons (Fsp3) is 0.0667. The maximum absolute atomic E-state index is 11.9. The van der Waals surface area contributed by atoms with E-state index < -0.39 is 17.7 Å². The highest BCUT2D eigenvalue weighted by molar-refractivity contribution is 6.38. The fourth-order valence-electron chi connectivity index (χ4n) is 1.70. The Balaban J connectivity index is 1.90. The number of rotatable bonds is 3. The van der Waals surface area contributed by atoms with Crippen LogP contribution in [0.15, 0.2) is 48.8 Å². The average molecular weight is 298 g/mol. The van der Waals surface area contributed by atoms with Gasteiger partial charge in [-0.05, 0) is 23.8 Å². The molecular weight excluding hydrogens is 284 g/mol. The molecule has 0 unspecified atom stereocenters. The van der Waals surface area contributed by atoms with E-state index >= 15 is 0 Å². The van der Waals surface area contributed by atoms with Gasteiger partial charge >= 0.3 is 11.8 Å². The molecule has 0 fully saturated rings. The van der Waals surface area contributed by atoms with Crippen molar-refractivity contribution in [1.29, 1.82) is 0 Å². The minimum atomic E-state index is -1.04. The van der Waals surface area contributed by atoms with Gasteiger partial charge in [0, 0.05) is 24.6 Å². The normalized spacial score (nSPS) is 9.82. The van der Waals surface area contributed by atoms with Crippen molar-refractivity contribution in [3.8, 4) is 0 Å². The number of para-hydroxylation sites is 1. The van der Waals surface area contributed by atoms with Gasteiger partial charge in [0.05, 0.1) is 5.56 Å². The Labute approximate surface area is 126 Å². The van der Waals surface area contributed by atoms with Gasteiger partial charge in [-0.15, -0.1) is 0 Å². The molecule has 0 spiro atoms. The minimum absolute atomic E-state index is 0.135. The lowest BCUT2D eigenvalue weighted by Gasteiger charge is -2.07. The van der Waals surface area contributed by atoms with Crippen molar-refractivity contribution in [3.63, 3.8) is 0 Å². The Morgan fingerprint density at radius 3 is 2.50 bits per heavy atom. The van der Waals surface area contributed by atoms with Crippen LogP contribution in [0.5, 0.6) is 0 Å². The Kier molecular flexibility index (Phi) is 4.81. The first-order chi connectivity index (χ1) is 10.6. The van der Waals surface area contributed by atoms with Gasteiger partial charge in [0.25, 0.3) is 5.91 Å². The first kappa shape index (κ1) is 15.2. The number of nitrogens with zero attached hydrogens (tertiary/aromatic N) is 1. The number of imide groups is 1. The number of nitrogens with one attached hydrogen (secondary N) is 2. The van der Waals surface area contributed by atoms with E-state index in [9.17, 15) is 14.4 Å². The average Bonchev–Trinajstić information content (AvgIpc) is 2.53. The SMILES string of the molecule is Nc1ccccc1C(=O)NC(=O)C(=O)NCc1cccnc1. The van der Waals surface area contributed by atoms with Crippen LogP contribution in [-0.2, 0) is 16.1 Å². The minimum Gasteiger partial charge on any atom is -0.398 e. The van der Waals surface area contributed by atoms with E-state index in [1.807, 2.05) is 5.32 Å². The standard InChI is InChI=1S/C15H14N4O3/c16-12-6-2-1-5-11(12)13(20)19-15(22)14(21)18-9-10-4-3-7-17-8-10/h1-8H,9,16H2,(H,18,21)(H,19,20,22). The van der Waals surface area contributed by atoms with E-state index in [1.54, 1.807) is 36.7 Å². The highest BCUT2D eigenvalue weighted by Crippen LogP contribution is 2.09. The van der Waals surface area contributed by atoms with Gasteiger partial charge in [0.2, 0.25) is 0 Å². The Bertz CT molecular complexity index is 701. The zero-order valence-electron chi connectivity index (χ0n) is 11.6. The molecular formula is C15H14N4O3. The molecule has 1 aromatic heterocycles. The van der Waals surface area contributed by atoms with Crippen LogP contribution in [0.2, 0.25) is 0 Å². The van der Waals surface area contributed by atoms with Gasteiger partial charge in [-0.3, -0.25) is 24.7 Å². The summed E-state index contributed by atoms with van der Waals surface area (Å²) in [5, 5.41) is 4.38. The van der Waals surface area contributed by atoms with Crippen LogP contribution in [0.4, 0.5) is 5.69 Å². The van der Waals surface area contributed by atoms with Gasteiger partial charge in [0.1, 0.15) is 0 Å². The predicted molar refractivity (Wildman–Crippen MR) is 79.4 cm³/mol. The predicted octanol–water partition coefficient (Wildman–Crippen LogP) is 0.237. The van der Waals surface area contributed by atoms with Crippen LogP contribution in [0, 0.1) is 0 Å². The number of aromatic nitrogens is 1. The van der Waals surface area contributed by atoms with Gasteiger partial charge in [0.15, 0.2) is 0 Å². The number of benzene rings is 1. The lowest BCUT2D eigenvalue weighted by molar-refractivity contribution is -0.138. The summed E-state index contributed by atoms with van der Waals surface area (Å²) in [5.74, 6) is -2.68. The number of amides is 3. The lowest BCUT2D eigenvalue weighted by Crippen LogP contribution is -2.42. The second kappa shape index (κ2) is 6.98. The van der Waals surface area contributed by atoms with Crippen LogP contribution in [0.25, 0.3) is 0 Å². The quantitative estimate of drug-likeness (QED) is 0.554. The number of nitrogens with two attached hydrogens (primary N) is 1. The molecule has 22 heavy (non-hydrogen) atoms. The van der Waals surface area contributed by atoms with Crippen molar-refractivity contribution in [2.24, 2.45) is 0 Å². The van der Waals surface area contributed by atoms with E-state index in [4.69, 9.17) is 5.73 Å². The van der Waals surface area contributed by atoms with Crippen molar-refractivity contribution in [2.75, 3.05) is 5.73 Å². The van der Waals surface area contributed by atoms with Crippen molar-refractivity contribution in [2.45, 2.75) is 6.54 Å². The van der Waals surface area contributed by atoms with Crippen LogP contribution < -0.4 is 16.4 Å². The molecule has 2 aromatic rings. The molecule has 0 aliphatic carbocycles. The molecule has 0 aliphatic heterocycles. The van der Waals surface area contributed by atoms with Crippen LogP contribution in [0.3, 0.4) is 0 Å². The maximum atomic E-state index is 11.9. The Morgan fingerprint density at radius 1 is 1.05 bits per heavy atom. The lowest BCUT2D eigenvalue weighted by atomic mass is 10.1. The molecule has 0 bridgehead atoms. The smallest absolute Gasteiger partial charge is 0.316 e. The molecule has 7 heteroatoms. The highest BCUT2D eigenvalue weighted by Gasteiger charge is 2.18. The summed E-state index contributed by atoms with van der Waals surface area (Å²) in [4.78, 5) is 39.0. The third kappa shape index (κ3) is 3.89. The van der Waals surface area contributed by atoms with Crippen LogP contribution >= 0.6 is 0 Å². The first-order valence-corrected chi connectivity index (χ1v) is 6.45. The van der Waals surface area contributed by atoms with Crippen molar-refractivity contribution < 1.29 is 14.4 Å². The van der Waals surface area contributed by atoms with E-state index in [-0.39, 0.29) is 17.8 Å². The third-order valence-electron chi connectivity index (χ3n) is 2.81. The molecule has 0 atom stereocenters. The first-order valence-electron chi connectivity index (χ1n) is 6.45. The number of hydrogen-bond acceptors (Lipinski definition) is 5. The van der Waals surface area contributed by atoms with Gasteiger partial charge < -0.3 is 11.1 Å². The maximum Gasteiger partial charge on any atom is 0.316 e. The summed E-state index contributed by atoms with van der Waals surface area (Å²) in [6, 6.07) is 9.73. The number of nitrogen functional groups attached to an aromatic ring is 1. The summed E-state index contributed by atoms with van der Waals surface area (Å²) in [6.07, 6.45) is 3.16. The number of hydrogen-bond donors (Lipinski definition) is 3. The number of carbonyl (C=O) groups is 3. The molecule has 2 rings (SSSR count). The van der Waals surface area contributed by atoms with Crippen molar-refractivity contribution in [3.05, 3.63) is 59.9 Å². The van der Waals surface area contributed by atoms with Crippen LogP contribution in [-0.4, -0.2) is 22.7 Å². The highest BCUT2D eigenvalue weighted by atomic mass is 16.2. The summed E-state index contributed by atoms with van der Waals surface area (Å²) < 4.78 is 0. The molecule has 112 valence electrons. The Hall–Kier alpha value is -3.22. The largest absolute Gasteiger partial charge is 0.398 e. The third-order valence-corrected chi connectivity index (χ3v) is 2.81.